The van der Waals surface area contributed by atoms with Crippen LogP contribution in [0.2, 0.25) is 0 Å². The number of hydrogen-bond donors (Lipinski definition) is 1. The average molecular weight is 206 g/mol. The van der Waals surface area contributed by atoms with Gasteiger partial charge in [0.2, 0.25) is 0 Å². The molecule has 0 unspecified atom stereocenters. The van der Waals surface area contributed by atoms with E-state index in [2.05, 4.69) is 12.1 Å². The van der Waals surface area contributed by atoms with Crippen LogP contribution in [-0.2, 0) is 5.41 Å². The lowest BCUT2D eigenvalue weighted by molar-refractivity contribution is 0.239. The third kappa shape index (κ3) is 2.15. The van der Waals surface area contributed by atoms with E-state index in [4.69, 9.17) is 4.74 Å². The second-order valence-corrected chi connectivity index (χ2v) is 4.63. The maximum atomic E-state index is 9.34. The summed E-state index contributed by atoms with van der Waals surface area (Å²) in [5.41, 5.74) is 1.25. The van der Waals surface area contributed by atoms with E-state index in [1.807, 2.05) is 26.0 Å². The first-order valence-corrected chi connectivity index (χ1v) is 5.54. The highest BCUT2D eigenvalue weighted by Crippen LogP contribution is 2.48. The Morgan fingerprint density at radius 1 is 1.40 bits per heavy atom. The van der Waals surface area contributed by atoms with Gasteiger partial charge in [-0.25, -0.2) is 0 Å². The molecule has 0 atom stereocenters. The van der Waals surface area contributed by atoms with Gasteiger partial charge in [-0.05, 0) is 44.4 Å². The number of hydrogen-bond acceptors (Lipinski definition) is 2. The first-order valence-electron chi connectivity index (χ1n) is 5.54. The lowest BCUT2D eigenvalue weighted by Crippen LogP contribution is -2.12. The predicted molar refractivity (Wildman–Crippen MR) is 60.2 cm³/mol. The van der Waals surface area contributed by atoms with E-state index in [1.165, 1.54) is 5.56 Å². The second kappa shape index (κ2) is 3.86. The van der Waals surface area contributed by atoms with Crippen LogP contribution in [0.1, 0.15) is 32.3 Å². The maximum Gasteiger partial charge on any atom is 0.119 e. The van der Waals surface area contributed by atoms with Gasteiger partial charge in [0.15, 0.2) is 0 Å². The van der Waals surface area contributed by atoms with Crippen LogP contribution in [0.5, 0.6) is 5.75 Å². The van der Waals surface area contributed by atoms with Crippen molar-refractivity contribution in [3.8, 4) is 5.75 Å². The fourth-order valence-corrected chi connectivity index (χ4v) is 1.86. The normalized spacial score (nSPS) is 17.9. The van der Waals surface area contributed by atoms with Crippen molar-refractivity contribution in [3.63, 3.8) is 0 Å². The first-order chi connectivity index (χ1) is 7.16. The van der Waals surface area contributed by atoms with Crippen molar-refractivity contribution in [2.75, 3.05) is 6.61 Å². The minimum Gasteiger partial charge on any atom is -0.491 e. The molecule has 1 fully saturated rings. The minimum absolute atomic E-state index is 0.0380. The Kier molecular flexibility index (Phi) is 2.70. The van der Waals surface area contributed by atoms with E-state index in [0.29, 0.717) is 0 Å². The van der Waals surface area contributed by atoms with E-state index in [0.717, 1.165) is 18.6 Å². The monoisotopic (exact) mass is 206 g/mol. The fourth-order valence-electron chi connectivity index (χ4n) is 1.86. The number of benzene rings is 1. The molecule has 0 saturated heterocycles. The van der Waals surface area contributed by atoms with Crippen LogP contribution in [0, 0.1) is 0 Å². The maximum absolute atomic E-state index is 9.34. The average Bonchev–Trinajstić information content (AvgIpc) is 2.97. The molecule has 82 valence electrons. The van der Waals surface area contributed by atoms with Crippen LogP contribution in [0.25, 0.3) is 0 Å². The molecule has 2 heteroatoms. The molecule has 0 aromatic heterocycles. The molecule has 15 heavy (non-hydrogen) atoms. The lowest BCUT2D eigenvalue weighted by Gasteiger charge is -2.15. The third-order valence-electron chi connectivity index (χ3n) is 2.97. The predicted octanol–water partition coefficient (Wildman–Crippen LogP) is 2.50. The Labute approximate surface area is 90.9 Å². The highest BCUT2D eigenvalue weighted by atomic mass is 16.5. The van der Waals surface area contributed by atoms with E-state index in [1.54, 1.807) is 0 Å². The molecule has 0 aliphatic heterocycles. The molecule has 0 heterocycles. The van der Waals surface area contributed by atoms with Crippen molar-refractivity contribution < 1.29 is 9.84 Å². The Morgan fingerprint density at radius 2 is 2.13 bits per heavy atom. The Bertz CT molecular complexity index is 340. The molecule has 1 saturated carbocycles. The van der Waals surface area contributed by atoms with Crippen molar-refractivity contribution in [2.24, 2.45) is 0 Å². The molecule has 0 radical (unpaired) electrons. The molecule has 1 aliphatic carbocycles. The van der Waals surface area contributed by atoms with Crippen LogP contribution in [-0.4, -0.2) is 17.8 Å². The summed E-state index contributed by atoms with van der Waals surface area (Å²) in [6.45, 7) is 4.29. The van der Waals surface area contributed by atoms with E-state index in [9.17, 15) is 5.11 Å². The molecule has 1 aromatic carbocycles. The van der Waals surface area contributed by atoms with Gasteiger partial charge in [-0.1, -0.05) is 12.1 Å². The summed E-state index contributed by atoms with van der Waals surface area (Å²) in [7, 11) is 0. The second-order valence-electron chi connectivity index (χ2n) is 4.63. The SMILES string of the molecule is CC(C)Oc1cccc(C2(CO)CC2)c1. The zero-order valence-electron chi connectivity index (χ0n) is 9.36. The largest absolute Gasteiger partial charge is 0.491 e. The number of aliphatic hydroxyl groups is 1. The molecule has 2 rings (SSSR count). The van der Waals surface area contributed by atoms with Crippen molar-refractivity contribution in [1.29, 1.82) is 0 Å². The Balaban J connectivity index is 2.19. The third-order valence-corrected chi connectivity index (χ3v) is 2.97. The molecule has 0 spiro atoms. The fraction of sp³-hybridized carbons (Fsp3) is 0.538. The molecule has 1 aromatic rings. The molecular formula is C13H18O2. The minimum atomic E-state index is 0.0380. The smallest absolute Gasteiger partial charge is 0.119 e. The first kappa shape index (κ1) is 10.5. The Hall–Kier alpha value is -1.02. The van der Waals surface area contributed by atoms with Gasteiger partial charge in [-0.3, -0.25) is 0 Å². The zero-order valence-corrected chi connectivity index (χ0v) is 9.36. The summed E-state index contributed by atoms with van der Waals surface area (Å²) in [6.07, 6.45) is 2.38. The van der Waals surface area contributed by atoms with Gasteiger partial charge in [0.25, 0.3) is 0 Å². The number of ether oxygens (including phenoxy) is 1. The summed E-state index contributed by atoms with van der Waals surface area (Å²) in [5, 5.41) is 9.34. The van der Waals surface area contributed by atoms with E-state index in [-0.39, 0.29) is 18.1 Å². The van der Waals surface area contributed by atoms with Crippen LogP contribution < -0.4 is 4.74 Å². The van der Waals surface area contributed by atoms with Crippen molar-refractivity contribution in [1.82, 2.24) is 0 Å². The van der Waals surface area contributed by atoms with Gasteiger partial charge in [-0.2, -0.15) is 0 Å². The highest BCUT2D eigenvalue weighted by Gasteiger charge is 2.43. The topological polar surface area (TPSA) is 29.5 Å². The quantitative estimate of drug-likeness (QED) is 0.820. The van der Waals surface area contributed by atoms with Gasteiger partial charge in [0.05, 0.1) is 12.7 Å². The van der Waals surface area contributed by atoms with Crippen molar-refractivity contribution >= 4 is 0 Å². The van der Waals surface area contributed by atoms with Gasteiger partial charge in [-0.15, -0.1) is 0 Å². The van der Waals surface area contributed by atoms with Crippen LogP contribution in [0.3, 0.4) is 0 Å². The van der Waals surface area contributed by atoms with Gasteiger partial charge < -0.3 is 9.84 Å². The molecule has 0 amide bonds. The highest BCUT2D eigenvalue weighted by molar-refractivity contribution is 5.37. The summed E-state index contributed by atoms with van der Waals surface area (Å²) in [4.78, 5) is 0. The molecule has 1 N–H and O–H groups in total. The molecule has 2 nitrogen and oxygen atoms in total. The number of rotatable bonds is 4. The van der Waals surface area contributed by atoms with Crippen LogP contribution in [0.15, 0.2) is 24.3 Å². The van der Waals surface area contributed by atoms with E-state index < -0.39 is 0 Å². The molecular weight excluding hydrogens is 188 g/mol. The van der Waals surface area contributed by atoms with E-state index >= 15 is 0 Å². The standard InChI is InChI=1S/C13H18O2/c1-10(2)15-12-5-3-4-11(8-12)13(9-14)6-7-13/h3-5,8,10,14H,6-7,9H2,1-2H3. The summed E-state index contributed by atoms with van der Waals surface area (Å²) < 4.78 is 5.64. The van der Waals surface area contributed by atoms with Crippen molar-refractivity contribution in [3.05, 3.63) is 29.8 Å². The van der Waals surface area contributed by atoms with Gasteiger partial charge >= 0.3 is 0 Å². The van der Waals surface area contributed by atoms with Gasteiger partial charge in [0.1, 0.15) is 5.75 Å². The lowest BCUT2D eigenvalue weighted by atomic mass is 9.97. The summed E-state index contributed by atoms with van der Waals surface area (Å²) >= 11 is 0. The summed E-state index contributed by atoms with van der Waals surface area (Å²) in [6, 6.07) is 8.11. The number of aliphatic hydroxyl groups excluding tert-OH is 1. The summed E-state index contributed by atoms with van der Waals surface area (Å²) in [5.74, 6) is 0.905. The zero-order chi connectivity index (χ0) is 10.9. The van der Waals surface area contributed by atoms with Gasteiger partial charge in [0, 0.05) is 5.41 Å². The van der Waals surface area contributed by atoms with Crippen LogP contribution >= 0.6 is 0 Å². The molecule has 1 aliphatic rings. The van der Waals surface area contributed by atoms with Crippen LogP contribution in [0.4, 0.5) is 0 Å². The Morgan fingerprint density at radius 3 is 2.67 bits per heavy atom. The van der Waals surface area contributed by atoms with Crippen molar-refractivity contribution in [2.45, 2.75) is 38.2 Å². The molecule has 0 bridgehead atoms.